The zero-order chi connectivity index (χ0) is 22.1. The molecule has 3 heterocycles. The number of nitrogens with one attached hydrogen (secondary N) is 1. The molecule has 2 aromatic carbocycles. The lowest BCUT2D eigenvalue weighted by Crippen LogP contribution is -2.46. The number of rotatable bonds is 5. The van der Waals surface area contributed by atoms with E-state index in [4.69, 9.17) is 10.2 Å². The maximum absolute atomic E-state index is 11.6. The van der Waals surface area contributed by atoms with Crippen LogP contribution in [0.3, 0.4) is 0 Å². The van der Waals surface area contributed by atoms with Crippen molar-refractivity contribution >= 4 is 28.0 Å². The molecule has 1 unspecified atom stereocenters. The van der Waals surface area contributed by atoms with Gasteiger partial charge in [-0.3, -0.25) is 4.90 Å². The predicted molar refractivity (Wildman–Crippen MR) is 127 cm³/mol. The van der Waals surface area contributed by atoms with Crippen LogP contribution in [0.4, 0.5) is 17.1 Å². The van der Waals surface area contributed by atoms with Gasteiger partial charge >= 0.3 is 5.63 Å². The summed E-state index contributed by atoms with van der Waals surface area (Å²) >= 11 is 0. The third-order valence-electron chi connectivity index (χ3n) is 6.56. The van der Waals surface area contributed by atoms with Crippen LogP contribution < -0.4 is 21.6 Å². The van der Waals surface area contributed by atoms with Crippen LogP contribution in [0.15, 0.2) is 51.7 Å². The second-order valence-electron chi connectivity index (χ2n) is 8.63. The van der Waals surface area contributed by atoms with E-state index in [9.17, 15) is 10.1 Å². The van der Waals surface area contributed by atoms with Crippen molar-refractivity contribution in [1.29, 1.82) is 5.26 Å². The zero-order valence-electron chi connectivity index (χ0n) is 18.0. The Labute approximate surface area is 187 Å². The number of hydrogen-bond donors (Lipinski definition) is 2. The molecule has 0 saturated carbocycles. The fraction of sp³-hybridized carbons (Fsp3) is 0.360. The molecule has 0 aliphatic carbocycles. The largest absolute Gasteiger partial charge is 0.421 e. The van der Waals surface area contributed by atoms with Crippen molar-refractivity contribution in [2.24, 2.45) is 0 Å². The van der Waals surface area contributed by atoms with E-state index in [1.165, 1.54) is 5.56 Å². The van der Waals surface area contributed by atoms with E-state index in [1.54, 1.807) is 6.07 Å². The van der Waals surface area contributed by atoms with E-state index < -0.39 is 5.63 Å². The Morgan fingerprint density at radius 2 is 1.97 bits per heavy atom. The molecule has 2 aliphatic heterocycles. The number of benzene rings is 2. The lowest BCUT2D eigenvalue weighted by molar-refractivity contribution is 0.255. The van der Waals surface area contributed by atoms with Gasteiger partial charge in [-0.15, -0.1) is 0 Å². The smallest absolute Gasteiger partial charge is 0.359 e. The minimum Gasteiger partial charge on any atom is -0.421 e. The highest BCUT2D eigenvalue weighted by Gasteiger charge is 2.22. The quantitative estimate of drug-likeness (QED) is 0.601. The first-order chi connectivity index (χ1) is 15.6. The fourth-order valence-electron chi connectivity index (χ4n) is 4.71. The highest BCUT2D eigenvalue weighted by atomic mass is 16.4. The monoisotopic (exact) mass is 429 g/mol. The standard InChI is InChI=1S/C25H27N5O2/c26-15-19-16-28-23-5-3-17(12-21(19)23)2-1-7-29-8-10-30(11-9-29)20-4-6-24-18(13-20)14-22(27)25(31)32-24/h3-6,12-14,19,28H,1-2,7-11,16,27H2. The molecule has 1 fully saturated rings. The number of piperazine rings is 1. The second kappa shape index (κ2) is 8.56. The molecule has 7 nitrogen and oxygen atoms in total. The summed E-state index contributed by atoms with van der Waals surface area (Å²) in [6.07, 6.45) is 2.14. The number of nitriles is 1. The molecular weight excluding hydrogens is 402 g/mol. The van der Waals surface area contributed by atoms with Gasteiger partial charge in [0.2, 0.25) is 0 Å². The van der Waals surface area contributed by atoms with Crippen LogP contribution in [0.25, 0.3) is 11.0 Å². The van der Waals surface area contributed by atoms with E-state index in [-0.39, 0.29) is 11.6 Å². The summed E-state index contributed by atoms with van der Waals surface area (Å²) in [6.45, 7) is 5.77. The summed E-state index contributed by atoms with van der Waals surface area (Å²) in [6, 6.07) is 16.5. The molecule has 32 heavy (non-hydrogen) atoms. The van der Waals surface area contributed by atoms with Crippen LogP contribution in [-0.4, -0.2) is 44.2 Å². The Morgan fingerprint density at radius 3 is 2.78 bits per heavy atom. The fourth-order valence-corrected chi connectivity index (χ4v) is 4.71. The van der Waals surface area contributed by atoms with Gasteiger partial charge in [-0.2, -0.15) is 5.26 Å². The molecule has 3 aromatic rings. The van der Waals surface area contributed by atoms with E-state index in [2.05, 4.69) is 39.4 Å². The van der Waals surface area contributed by atoms with Crippen molar-refractivity contribution in [1.82, 2.24) is 4.90 Å². The van der Waals surface area contributed by atoms with Gasteiger partial charge in [-0.25, -0.2) is 4.79 Å². The van der Waals surface area contributed by atoms with Crippen molar-refractivity contribution in [2.75, 3.05) is 55.2 Å². The molecule has 3 N–H and O–H groups in total. The SMILES string of the molecule is N#CC1CNc2ccc(CCCN3CCN(c4ccc5oc(=O)c(N)cc5c4)CC3)cc21. The molecule has 0 radical (unpaired) electrons. The average molecular weight is 430 g/mol. The summed E-state index contributed by atoms with van der Waals surface area (Å²) < 4.78 is 5.24. The number of nitrogens with zero attached hydrogens (tertiary/aromatic N) is 3. The Hall–Kier alpha value is -3.50. The van der Waals surface area contributed by atoms with E-state index >= 15 is 0 Å². The first-order valence-corrected chi connectivity index (χ1v) is 11.2. The van der Waals surface area contributed by atoms with Crippen molar-refractivity contribution in [2.45, 2.75) is 18.8 Å². The van der Waals surface area contributed by atoms with Gasteiger partial charge in [0.1, 0.15) is 11.3 Å². The highest BCUT2D eigenvalue weighted by molar-refractivity contribution is 5.83. The van der Waals surface area contributed by atoms with Gasteiger partial charge < -0.3 is 20.4 Å². The third-order valence-corrected chi connectivity index (χ3v) is 6.56. The van der Waals surface area contributed by atoms with Gasteiger partial charge in [0, 0.05) is 49.5 Å². The van der Waals surface area contributed by atoms with E-state index in [0.717, 1.165) is 74.4 Å². The van der Waals surface area contributed by atoms with Crippen LogP contribution in [0.1, 0.15) is 23.5 Å². The maximum Gasteiger partial charge on any atom is 0.359 e. The Balaban J connectivity index is 1.14. The van der Waals surface area contributed by atoms with Crippen LogP contribution >= 0.6 is 0 Å². The van der Waals surface area contributed by atoms with E-state index in [0.29, 0.717) is 5.58 Å². The Bertz CT molecular complexity index is 1240. The number of nitrogen functional groups attached to an aromatic ring is 1. The lowest BCUT2D eigenvalue weighted by atomic mass is 9.98. The van der Waals surface area contributed by atoms with Crippen LogP contribution in [0, 0.1) is 11.3 Å². The normalized spacial score (nSPS) is 18.3. The van der Waals surface area contributed by atoms with Crippen LogP contribution in [0.2, 0.25) is 0 Å². The molecule has 0 bridgehead atoms. The van der Waals surface area contributed by atoms with Gasteiger partial charge in [-0.1, -0.05) is 12.1 Å². The predicted octanol–water partition coefficient (Wildman–Crippen LogP) is 3.16. The summed E-state index contributed by atoms with van der Waals surface area (Å²) in [5.41, 5.74) is 10.6. The summed E-state index contributed by atoms with van der Waals surface area (Å²) in [5, 5.41) is 13.5. The number of aryl methyl sites for hydroxylation is 1. The Kier molecular flexibility index (Phi) is 5.46. The highest BCUT2D eigenvalue weighted by Crippen LogP contribution is 2.32. The molecule has 1 saturated heterocycles. The molecule has 1 aromatic heterocycles. The number of anilines is 3. The molecule has 0 amide bonds. The molecular formula is C25H27N5O2. The summed E-state index contributed by atoms with van der Waals surface area (Å²) in [7, 11) is 0. The van der Waals surface area contributed by atoms with E-state index in [1.807, 2.05) is 18.2 Å². The topological polar surface area (TPSA) is 98.5 Å². The van der Waals surface area contributed by atoms with Crippen molar-refractivity contribution in [3.05, 3.63) is 64.0 Å². The maximum atomic E-state index is 11.6. The summed E-state index contributed by atoms with van der Waals surface area (Å²) in [5.74, 6) is -0.0272. The summed E-state index contributed by atoms with van der Waals surface area (Å²) in [4.78, 5) is 16.5. The molecule has 0 spiro atoms. The number of fused-ring (bicyclic) bond motifs is 2. The third kappa shape index (κ3) is 4.02. The van der Waals surface area contributed by atoms with Crippen molar-refractivity contribution in [3.8, 4) is 6.07 Å². The minimum atomic E-state index is -0.486. The molecule has 1 atom stereocenters. The van der Waals surface area contributed by atoms with Crippen LogP contribution in [0.5, 0.6) is 0 Å². The molecule has 5 rings (SSSR count). The van der Waals surface area contributed by atoms with Crippen LogP contribution in [-0.2, 0) is 6.42 Å². The molecule has 164 valence electrons. The van der Waals surface area contributed by atoms with Gasteiger partial charge in [-0.05, 0) is 60.8 Å². The molecule has 7 heteroatoms. The second-order valence-corrected chi connectivity index (χ2v) is 8.63. The zero-order valence-corrected chi connectivity index (χ0v) is 18.0. The average Bonchev–Trinajstić information content (AvgIpc) is 3.22. The van der Waals surface area contributed by atoms with Crippen molar-refractivity contribution < 1.29 is 4.42 Å². The molecule has 2 aliphatic rings. The number of hydrogen-bond acceptors (Lipinski definition) is 7. The first kappa shape index (κ1) is 20.4. The van der Waals surface area contributed by atoms with Gasteiger partial charge in [0.15, 0.2) is 0 Å². The van der Waals surface area contributed by atoms with Crippen molar-refractivity contribution in [3.63, 3.8) is 0 Å². The Morgan fingerprint density at radius 1 is 1.12 bits per heavy atom. The minimum absolute atomic E-state index is 0.0272. The van der Waals surface area contributed by atoms with Gasteiger partial charge in [0.25, 0.3) is 0 Å². The lowest BCUT2D eigenvalue weighted by Gasteiger charge is -2.36. The van der Waals surface area contributed by atoms with Gasteiger partial charge in [0.05, 0.1) is 12.0 Å². The first-order valence-electron chi connectivity index (χ1n) is 11.2. The number of nitrogens with two attached hydrogens (primary N) is 1.